The normalized spacial score (nSPS) is 17.6. The Kier molecular flexibility index (Phi) is 4.15. The van der Waals surface area contributed by atoms with E-state index in [0.29, 0.717) is 0 Å². The molecular weight excluding hydrogens is 300 g/mol. The van der Waals surface area contributed by atoms with Crippen LogP contribution < -0.4 is 10.2 Å². The van der Waals surface area contributed by atoms with E-state index in [4.69, 9.17) is 0 Å². The van der Waals surface area contributed by atoms with Gasteiger partial charge in [0.1, 0.15) is 0 Å². The summed E-state index contributed by atoms with van der Waals surface area (Å²) in [6, 6.07) is 11.9. The van der Waals surface area contributed by atoms with Gasteiger partial charge in [0.15, 0.2) is 5.82 Å². The van der Waals surface area contributed by atoms with E-state index in [1.54, 1.807) is 0 Å². The van der Waals surface area contributed by atoms with Gasteiger partial charge in [-0.3, -0.25) is 4.79 Å². The van der Waals surface area contributed by atoms with Crippen LogP contribution in [0.15, 0.2) is 36.4 Å². The topological polar surface area (TPSA) is 58.1 Å². The van der Waals surface area contributed by atoms with Crippen LogP contribution in [0.1, 0.15) is 32.1 Å². The number of aromatic nitrogens is 2. The number of amides is 1. The Morgan fingerprint density at radius 2 is 1.71 bits per heavy atom. The molecule has 5 nitrogen and oxygen atoms in total. The van der Waals surface area contributed by atoms with Crippen molar-refractivity contribution in [3.05, 3.63) is 36.4 Å². The van der Waals surface area contributed by atoms with Crippen LogP contribution in [-0.4, -0.2) is 29.2 Å². The fourth-order valence-corrected chi connectivity index (χ4v) is 3.23. The molecule has 1 saturated heterocycles. The molecule has 1 aromatic carbocycles. The second-order valence-electron chi connectivity index (χ2n) is 6.67. The molecule has 5 heteroatoms. The van der Waals surface area contributed by atoms with Crippen LogP contribution in [0.25, 0.3) is 11.3 Å². The lowest BCUT2D eigenvalue weighted by molar-refractivity contribution is -0.122. The molecule has 0 spiro atoms. The molecule has 2 heterocycles. The molecule has 2 aliphatic rings. The van der Waals surface area contributed by atoms with Crippen molar-refractivity contribution >= 4 is 17.4 Å². The standard InChI is InChI=1S/C19H22N4O/c24-19(15-4-3-5-15)20-16-8-6-14(7-9-16)17-10-11-18(22-21-17)23-12-1-2-13-23/h6-11,15H,1-5,12-13H2,(H,20,24). The average Bonchev–Trinajstić information content (AvgIpc) is 3.08. The summed E-state index contributed by atoms with van der Waals surface area (Å²) >= 11 is 0. The largest absolute Gasteiger partial charge is 0.355 e. The highest BCUT2D eigenvalue weighted by Crippen LogP contribution is 2.28. The maximum Gasteiger partial charge on any atom is 0.227 e. The van der Waals surface area contributed by atoms with E-state index in [9.17, 15) is 4.79 Å². The lowest BCUT2D eigenvalue weighted by Crippen LogP contribution is -2.27. The van der Waals surface area contributed by atoms with Crippen molar-refractivity contribution < 1.29 is 4.79 Å². The van der Waals surface area contributed by atoms with E-state index in [1.165, 1.54) is 19.3 Å². The number of nitrogens with zero attached hydrogens (tertiary/aromatic N) is 3. The van der Waals surface area contributed by atoms with E-state index >= 15 is 0 Å². The number of hydrogen-bond donors (Lipinski definition) is 1. The molecule has 1 aliphatic heterocycles. The number of rotatable bonds is 4. The zero-order chi connectivity index (χ0) is 16.4. The summed E-state index contributed by atoms with van der Waals surface area (Å²) in [4.78, 5) is 14.2. The molecule has 0 radical (unpaired) electrons. The molecule has 1 amide bonds. The third-order valence-electron chi connectivity index (χ3n) is 5.00. The number of benzene rings is 1. The minimum Gasteiger partial charge on any atom is -0.355 e. The van der Waals surface area contributed by atoms with Crippen molar-refractivity contribution in [1.82, 2.24) is 10.2 Å². The minimum absolute atomic E-state index is 0.142. The Hall–Kier alpha value is -2.43. The zero-order valence-electron chi connectivity index (χ0n) is 13.7. The van der Waals surface area contributed by atoms with Crippen LogP contribution in [0.5, 0.6) is 0 Å². The summed E-state index contributed by atoms with van der Waals surface area (Å²) in [5, 5.41) is 11.7. The highest BCUT2D eigenvalue weighted by Gasteiger charge is 2.25. The van der Waals surface area contributed by atoms with E-state index in [0.717, 1.165) is 48.7 Å². The Bertz CT molecular complexity index is 701. The molecule has 1 aliphatic carbocycles. The van der Waals surface area contributed by atoms with Gasteiger partial charge in [0, 0.05) is 30.3 Å². The van der Waals surface area contributed by atoms with Crippen LogP contribution in [0.2, 0.25) is 0 Å². The highest BCUT2D eigenvalue weighted by atomic mass is 16.1. The van der Waals surface area contributed by atoms with Crippen LogP contribution in [0.3, 0.4) is 0 Å². The molecule has 1 aromatic heterocycles. The summed E-state index contributed by atoms with van der Waals surface area (Å²) in [5.74, 6) is 1.30. The maximum absolute atomic E-state index is 12.0. The third kappa shape index (κ3) is 3.11. The second-order valence-corrected chi connectivity index (χ2v) is 6.67. The summed E-state index contributed by atoms with van der Waals surface area (Å²) in [6.45, 7) is 2.15. The number of hydrogen-bond acceptors (Lipinski definition) is 4. The van der Waals surface area contributed by atoms with Gasteiger partial charge in [0.25, 0.3) is 0 Å². The van der Waals surface area contributed by atoms with E-state index < -0.39 is 0 Å². The van der Waals surface area contributed by atoms with Crippen LogP contribution in [0.4, 0.5) is 11.5 Å². The molecular formula is C19H22N4O. The Balaban J connectivity index is 1.43. The molecule has 1 N–H and O–H groups in total. The van der Waals surface area contributed by atoms with Crippen LogP contribution in [0, 0.1) is 5.92 Å². The quantitative estimate of drug-likeness (QED) is 0.936. The van der Waals surface area contributed by atoms with Gasteiger partial charge in [-0.15, -0.1) is 10.2 Å². The van der Waals surface area contributed by atoms with E-state index in [2.05, 4.69) is 20.4 Å². The number of nitrogens with one attached hydrogen (secondary N) is 1. The van der Waals surface area contributed by atoms with Crippen molar-refractivity contribution in [1.29, 1.82) is 0 Å². The van der Waals surface area contributed by atoms with Crippen LogP contribution in [-0.2, 0) is 4.79 Å². The summed E-state index contributed by atoms with van der Waals surface area (Å²) in [5.41, 5.74) is 2.71. The van der Waals surface area contributed by atoms with Crippen molar-refractivity contribution in [2.75, 3.05) is 23.3 Å². The SMILES string of the molecule is O=C(Nc1ccc(-c2ccc(N3CCCC3)nn2)cc1)C1CCC1. The Labute approximate surface area is 142 Å². The maximum atomic E-state index is 12.0. The molecule has 2 aromatic rings. The average molecular weight is 322 g/mol. The molecule has 124 valence electrons. The number of anilines is 2. The first-order valence-electron chi connectivity index (χ1n) is 8.79. The first kappa shape index (κ1) is 15.1. The van der Waals surface area contributed by atoms with Crippen LogP contribution >= 0.6 is 0 Å². The Morgan fingerprint density at radius 1 is 0.958 bits per heavy atom. The smallest absolute Gasteiger partial charge is 0.227 e. The van der Waals surface area contributed by atoms with Gasteiger partial charge >= 0.3 is 0 Å². The van der Waals surface area contributed by atoms with Crippen molar-refractivity contribution in [2.24, 2.45) is 5.92 Å². The van der Waals surface area contributed by atoms with Crippen molar-refractivity contribution in [2.45, 2.75) is 32.1 Å². The van der Waals surface area contributed by atoms with E-state index in [1.807, 2.05) is 36.4 Å². The predicted molar refractivity (Wildman–Crippen MR) is 94.9 cm³/mol. The fourth-order valence-electron chi connectivity index (χ4n) is 3.23. The van der Waals surface area contributed by atoms with Crippen molar-refractivity contribution in [3.8, 4) is 11.3 Å². The lowest BCUT2D eigenvalue weighted by atomic mass is 9.85. The molecule has 0 bridgehead atoms. The molecule has 0 unspecified atom stereocenters. The molecule has 4 rings (SSSR count). The van der Waals surface area contributed by atoms with Gasteiger partial charge in [-0.2, -0.15) is 0 Å². The molecule has 1 saturated carbocycles. The minimum atomic E-state index is 0.142. The number of carbonyl (C=O) groups is 1. The van der Waals surface area contributed by atoms with Gasteiger partial charge in [0.2, 0.25) is 5.91 Å². The molecule has 2 fully saturated rings. The predicted octanol–water partition coefficient (Wildman–Crippen LogP) is 3.48. The van der Waals surface area contributed by atoms with Gasteiger partial charge in [-0.25, -0.2) is 0 Å². The Morgan fingerprint density at radius 3 is 2.29 bits per heavy atom. The van der Waals surface area contributed by atoms with Gasteiger partial charge < -0.3 is 10.2 Å². The third-order valence-corrected chi connectivity index (χ3v) is 5.00. The van der Waals surface area contributed by atoms with Gasteiger partial charge in [-0.05, 0) is 49.9 Å². The first-order chi connectivity index (χ1) is 11.8. The second kappa shape index (κ2) is 6.59. The van der Waals surface area contributed by atoms with Crippen molar-refractivity contribution in [3.63, 3.8) is 0 Å². The molecule has 24 heavy (non-hydrogen) atoms. The molecule has 0 atom stereocenters. The monoisotopic (exact) mass is 322 g/mol. The zero-order valence-corrected chi connectivity index (χ0v) is 13.7. The fraction of sp³-hybridized carbons (Fsp3) is 0.421. The first-order valence-corrected chi connectivity index (χ1v) is 8.79. The summed E-state index contributed by atoms with van der Waals surface area (Å²) in [6.07, 6.45) is 5.67. The van der Waals surface area contributed by atoms with Gasteiger partial charge in [-0.1, -0.05) is 18.6 Å². The highest BCUT2D eigenvalue weighted by molar-refractivity contribution is 5.93. The lowest BCUT2D eigenvalue weighted by Gasteiger charge is -2.24. The van der Waals surface area contributed by atoms with Gasteiger partial charge in [0.05, 0.1) is 5.69 Å². The van der Waals surface area contributed by atoms with E-state index in [-0.39, 0.29) is 11.8 Å². The summed E-state index contributed by atoms with van der Waals surface area (Å²) in [7, 11) is 0. The summed E-state index contributed by atoms with van der Waals surface area (Å²) < 4.78 is 0. The number of carbonyl (C=O) groups excluding carboxylic acids is 1.